The van der Waals surface area contributed by atoms with Crippen molar-refractivity contribution in [3.05, 3.63) is 48.0 Å². The highest BCUT2D eigenvalue weighted by molar-refractivity contribution is 7.99. The van der Waals surface area contributed by atoms with Gasteiger partial charge in [0.15, 0.2) is 0 Å². The van der Waals surface area contributed by atoms with E-state index >= 15 is 0 Å². The lowest BCUT2D eigenvalue weighted by Gasteiger charge is -2.16. The van der Waals surface area contributed by atoms with Crippen LogP contribution in [-0.4, -0.2) is 28.4 Å². The normalized spacial score (nSPS) is 12.6. The molecule has 0 aliphatic heterocycles. The molecule has 1 N–H and O–H groups in total. The summed E-state index contributed by atoms with van der Waals surface area (Å²) in [5.74, 6) is 2.25. The maximum atomic E-state index is 4.38. The van der Waals surface area contributed by atoms with Gasteiger partial charge in [-0.15, -0.1) is 11.8 Å². The topological polar surface area (TPSA) is 29.9 Å². The smallest absolute Gasteiger partial charge is 0.108 e. The SMILES string of the molecule is CNC(CCc1nccn1C)CSc1ccccc1C. The zero-order chi connectivity index (χ0) is 14.4. The second-order valence-electron chi connectivity index (χ2n) is 5.06. The Morgan fingerprint density at radius 2 is 2.15 bits per heavy atom. The van der Waals surface area contributed by atoms with E-state index in [1.165, 1.54) is 10.5 Å². The summed E-state index contributed by atoms with van der Waals surface area (Å²) in [4.78, 5) is 5.76. The van der Waals surface area contributed by atoms with Gasteiger partial charge in [0, 0.05) is 42.6 Å². The number of benzene rings is 1. The fraction of sp³-hybridized carbons (Fsp3) is 0.438. The van der Waals surface area contributed by atoms with Crippen LogP contribution >= 0.6 is 11.8 Å². The van der Waals surface area contributed by atoms with E-state index in [9.17, 15) is 0 Å². The number of nitrogens with zero attached hydrogens (tertiary/aromatic N) is 2. The van der Waals surface area contributed by atoms with Gasteiger partial charge in [-0.3, -0.25) is 0 Å². The molecule has 0 radical (unpaired) electrons. The predicted octanol–water partition coefficient (Wildman–Crippen LogP) is 3.04. The van der Waals surface area contributed by atoms with Gasteiger partial charge in [0.1, 0.15) is 5.82 Å². The highest BCUT2D eigenvalue weighted by Gasteiger charge is 2.09. The van der Waals surface area contributed by atoms with Crippen LogP contribution in [-0.2, 0) is 13.5 Å². The molecule has 0 aliphatic rings. The fourth-order valence-electron chi connectivity index (χ4n) is 2.16. The Balaban J connectivity index is 1.84. The molecule has 0 fully saturated rings. The van der Waals surface area contributed by atoms with Crippen molar-refractivity contribution in [3.8, 4) is 0 Å². The summed E-state index contributed by atoms with van der Waals surface area (Å²) >= 11 is 1.93. The standard InChI is InChI=1S/C16H23N3S/c1-13-6-4-5-7-15(13)20-12-14(17-2)8-9-16-18-10-11-19(16)3/h4-7,10-11,14,17H,8-9,12H2,1-3H3. The van der Waals surface area contributed by atoms with Gasteiger partial charge in [0.2, 0.25) is 0 Å². The van der Waals surface area contributed by atoms with Gasteiger partial charge in [-0.1, -0.05) is 18.2 Å². The third-order valence-corrected chi connectivity index (χ3v) is 4.92. The third kappa shape index (κ3) is 4.12. The molecular formula is C16H23N3S. The Bertz CT molecular complexity index is 536. The summed E-state index contributed by atoms with van der Waals surface area (Å²) in [6.45, 7) is 2.17. The van der Waals surface area contributed by atoms with Gasteiger partial charge in [0.25, 0.3) is 0 Å². The van der Waals surface area contributed by atoms with Crippen LogP contribution in [0.1, 0.15) is 17.8 Å². The minimum Gasteiger partial charge on any atom is -0.338 e. The van der Waals surface area contributed by atoms with Gasteiger partial charge in [0.05, 0.1) is 0 Å². The van der Waals surface area contributed by atoms with Crippen molar-refractivity contribution in [2.24, 2.45) is 7.05 Å². The van der Waals surface area contributed by atoms with E-state index in [1.807, 2.05) is 31.2 Å². The lowest BCUT2D eigenvalue weighted by molar-refractivity contribution is 0.557. The Morgan fingerprint density at radius 1 is 1.35 bits per heavy atom. The molecule has 1 aromatic carbocycles. The highest BCUT2D eigenvalue weighted by atomic mass is 32.2. The van der Waals surface area contributed by atoms with Gasteiger partial charge in [-0.2, -0.15) is 0 Å². The minimum absolute atomic E-state index is 0.510. The summed E-state index contributed by atoms with van der Waals surface area (Å²) in [5.41, 5.74) is 1.36. The molecule has 2 aromatic rings. The zero-order valence-corrected chi connectivity index (χ0v) is 13.3. The van der Waals surface area contributed by atoms with Crippen LogP contribution in [0.15, 0.2) is 41.6 Å². The largest absolute Gasteiger partial charge is 0.338 e. The molecule has 1 unspecified atom stereocenters. The van der Waals surface area contributed by atoms with Crippen molar-refractivity contribution in [2.45, 2.75) is 30.7 Å². The van der Waals surface area contributed by atoms with Gasteiger partial charge in [-0.05, 0) is 32.0 Å². The van der Waals surface area contributed by atoms with Crippen molar-refractivity contribution in [1.29, 1.82) is 0 Å². The Labute approximate surface area is 125 Å². The molecule has 0 bridgehead atoms. The summed E-state index contributed by atoms with van der Waals surface area (Å²) in [6, 6.07) is 9.08. The molecule has 0 saturated heterocycles. The third-order valence-electron chi connectivity index (χ3n) is 3.58. The van der Waals surface area contributed by atoms with Crippen molar-refractivity contribution in [1.82, 2.24) is 14.9 Å². The van der Waals surface area contributed by atoms with E-state index < -0.39 is 0 Å². The number of nitrogens with one attached hydrogen (secondary N) is 1. The molecule has 1 heterocycles. The fourth-order valence-corrected chi connectivity index (χ4v) is 3.35. The second-order valence-corrected chi connectivity index (χ2v) is 6.12. The predicted molar refractivity (Wildman–Crippen MR) is 86.3 cm³/mol. The van der Waals surface area contributed by atoms with Crippen LogP contribution < -0.4 is 5.32 Å². The maximum absolute atomic E-state index is 4.38. The molecule has 1 atom stereocenters. The maximum Gasteiger partial charge on any atom is 0.108 e. The average molecular weight is 289 g/mol. The van der Waals surface area contributed by atoms with E-state index in [0.717, 1.165) is 24.4 Å². The first-order valence-corrected chi connectivity index (χ1v) is 8.01. The molecule has 0 spiro atoms. The lowest BCUT2D eigenvalue weighted by Crippen LogP contribution is -2.28. The Morgan fingerprint density at radius 3 is 2.80 bits per heavy atom. The molecule has 4 heteroatoms. The quantitative estimate of drug-likeness (QED) is 0.795. The molecule has 20 heavy (non-hydrogen) atoms. The van der Waals surface area contributed by atoms with Crippen LogP contribution in [0.2, 0.25) is 0 Å². The molecule has 0 saturated carbocycles. The average Bonchev–Trinajstić information content (AvgIpc) is 2.86. The molecule has 0 aliphatic carbocycles. The molecular weight excluding hydrogens is 266 g/mol. The van der Waals surface area contributed by atoms with Crippen LogP contribution in [0.3, 0.4) is 0 Å². The number of aromatic nitrogens is 2. The number of imidazole rings is 1. The van der Waals surface area contributed by atoms with Crippen molar-refractivity contribution >= 4 is 11.8 Å². The first kappa shape index (κ1) is 15.1. The van der Waals surface area contributed by atoms with E-state index in [2.05, 4.69) is 53.1 Å². The molecule has 1 aromatic heterocycles. The first-order valence-electron chi connectivity index (χ1n) is 7.02. The van der Waals surface area contributed by atoms with Crippen LogP contribution in [0.25, 0.3) is 0 Å². The van der Waals surface area contributed by atoms with E-state index in [1.54, 1.807) is 0 Å². The summed E-state index contributed by atoms with van der Waals surface area (Å²) in [7, 11) is 4.10. The molecule has 2 rings (SSSR count). The zero-order valence-electron chi connectivity index (χ0n) is 12.5. The Kier molecular flexibility index (Phi) is 5.68. The van der Waals surface area contributed by atoms with Gasteiger partial charge in [-0.25, -0.2) is 4.98 Å². The second kappa shape index (κ2) is 7.50. The highest BCUT2D eigenvalue weighted by Crippen LogP contribution is 2.23. The van der Waals surface area contributed by atoms with Crippen molar-refractivity contribution in [3.63, 3.8) is 0 Å². The van der Waals surface area contributed by atoms with E-state index in [-0.39, 0.29) is 0 Å². The summed E-state index contributed by atoms with van der Waals surface area (Å²) < 4.78 is 2.10. The van der Waals surface area contributed by atoms with Gasteiger partial charge >= 0.3 is 0 Å². The van der Waals surface area contributed by atoms with Gasteiger partial charge < -0.3 is 9.88 Å². The van der Waals surface area contributed by atoms with Crippen molar-refractivity contribution in [2.75, 3.05) is 12.8 Å². The Hall–Kier alpha value is -1.26. The van der Waals surface area contributed by atoms with Crippen LogP contribution in [0.4, 0.5) is 0 Å². The minimum atomic E-state index is 0.510. The number of hydrogen-bond acceptors (Lipinski definition) is 3. The first-order chi connectivity index (χ1) is 9.70. The van der Waals surface area contributed by atoms with E-state index in [4.69, 9.17) is 0 Å². The summed E-state index contributed by atoms with van der Waals surface area (Å²) in [6.07, 6.45) is 6.00. The van der Waals surface area contributed by atoms with Crippen LogP contribution in [0, 0.1) is 6.92 Å². The lowest BCUT2D eigenvalue weighted by atomic mass is 10.2. The number of thioether (sulfide) groups is 1. The summed E-state index contributed by atoms with van der Waals surface area (Å²) in [5, 5.41) is 3.42. The molecule has 0 amide bonds. The van der Waals surface area contributed by atoms with Crippen LogP contribution in [0.5, 0.6) is 0 Å². The van der Waals surface area contributed by atoms with E-state index in [0.29, 0.717) is 6.04 Å². The van der Waals surface area contributed by atoms with Crippen molar-refractivity contribution < 1.29 is 0 Å². The monoisotopic (exact) mass is 289 g/mol. The number of aryl methyl sites for hydroxylation is 3. The number of rotatable bonds is 7. The molecule has 3 nitrogen and oxygen atoms in total. The number of hydrogen-bond donors (Lipinski definition) is 1. The molecule has 108 valence electrons.